The Balaban J connectivity index is 2.26. The molecule has 0 bridgehead atoms. The molecule has 1 aromatic rings. The van der Waals surface area contributed by atoms with Gasteiger partial charge in [-0.25, -0.2) is 0 Å². The lowest BCUT2D eigenvalue weighted by Gasteiger charge is -2.30. The van der Waals surface area contributed by atoms with Crippen LogP contribution in [-0.4, -0.2) is 22.3 Å². The van der Waals surface area contributed by atoms with Crippen LogP contribution in [0.1, 0.15) is 38.2 Å². The van der Waals surface area contributed by atoms with E-state index in [1.807, 2.05) is 24.3 Å². The van der Waals surface area contributed by atoms with Gasteiger partial charge < -0.3 is 5.21 Å². The zero-order valence-electron chi connectivity index (χ0n) is 10.4. The van der Waals surface area contributed by atoms with Gasteiger partial charge >= 0.3 is 0 Å². The summed E-state index contributed by atoms with van der Waals surface area (Å²) in [5.74, 6) is 0.0529. The molecule has 1 saturated carbocycles. The molecular formula is C14H16BrNO2. The lowest BCUT2D eigenvalue weighted by molar-refractivity contribution is -0.525. The number of hydrogen-bond acceptors (Lipinski definition) is 2. The van der Waals surface area contributed by atoms with Crippen LogP contribution in [0.15, 0.2) is 28.7 Å². The highest BCUT2D eigenvalue weighted by Gasteiger charge is 2.42. The largest absolute Gasteiger partial charge is 0.623 e. The lowest BCUT2D eigenvalue weighted by atomic mass is 9.82. The minimum atomic E-state index is -0.884. The molecule has 0 saturated heterocycles. The Hall–Kier alpha value is -1.16. The number of rotatable bonds is 2. The van der Waals surface area contributed by atoms with Gasteiger partial charge in [-0.1, -0.05) is 15.9 Å². The zero-order valence-corrected chi connectivity index (χ0v) is 11.9. The summed E-state index contributed by atoms with van der Waals surface area (Å²) in [5, 5.41) is 12.2. The van der Waals surface area contributed by atoms with Crippen LogP contribution in [-0.2, 0) is 4.79 Å². The SMILES string of the molecule is CC1([N+]([O-])=Cc2ccc(Br)cc2)CCCCC1=O. The number of Topliss-reactive ketones (excluding diaryl/α,β-unsaturated/α-hetero) is 1. The third-order valence-corrected chi connectivity index (χ3v) is 4.07. The van der Waals surface area contributed by atoms with E-state index in [0.717, 1.165) is 27.6 Å². The van der Waals surface area contributed by atoms with Gasteiger partial charge in [-0.3, -0.25) is 4.79 Å². The predicted octanol–water partition coefficient (Wildman–Crippen LogP) is 3.28. The second-order valence-electron chi connectivity index (χ2n) is 4.91. The molecule has 1 aliphatic carbocycles. The van der Waals surface area contributed by atoms with E-state index in [0.29, 0.717) is 12.8 Å². The van der Waals surface area contributed by atoms with Gasteiger partial charge in [-0.15, -0.1) is 0 Å². The van der Waals surface area contributed by atoms with Crippen LogP contribution in [0.3, 0.4) is 0 Å². The Morgan fingerprint density at radius 2 is 2.00 bits per heavy atom. The number of hydrogen-bond donors (Lipinski definition) is 0. The van der Waals surface area contributed by atoms with Gasteiger partial charge in [0.05, 0.1) is 0 Å². The van der Waals surface area contributed by atoms with Gasteiger partial charge in [0.25, 0.3) is 0 Å². The van der Waals surface area contributed by atoms with Crippen molar-refractivity contribution in [1.29, 1.82) is 0 Å². The molecule has 3 nitrogen and oxygen atoms in total. The molecular weight excluding hydrogens is 294 g/mol. The van der Waals surface area contributed by atoms with E-state index in [1.165, 1.54) is 6.21 Å². The number of carbonyl (C=O) groups is 1. The minimum absolute atomic E-state index is 0.0529. The molecule has 18 heavy (non-hydrogen) atoms. The van der Waals surface area contributed by atoms with Crippen molar-refractivity contribution in [2.75, 3.05) is 0 Å². The fraction of sp³-hybridized carbons (Fsp3) is 0.429. The van der Waals surface area contributed by atoms with Crippen LogP contribution < -0.4 is 0 Å². The maximum Gasteiger partial charge on any atom is 0.227 e. The van der Waals surface area contributed by atoms with E-state index < -0.39 is 5.54 Å². The Morgan fingerprint density at radius 3 is 2.61 bits per heavy atom. The first-order chi connectivity index (χ1) is 8.52. The van der Waals surface area contributed by atoms with Crippen molar-refractivity contribution in [2.45, 2.75) is 38.1 Å². The van der Waals surface area contributed by atoms with Crippen LogP contribution >= 0.6 is 15.9 Å². The summed E-state index contributed by atoms with van der Waals surface area (Å²) in [5.41, 5.74) is -0.0708. The zero-order chi connectivity index (χ0) is 13.2. The molecule has 0 spiro atoms. The van der Waals surface area contributed by atoms with Crippen LogP contribution in [0, 0.1) is 5.21 Å². The van der Waals surface area contributed by atoms with E-state index in [9.17, 15) is 10.0 Å². The van der Waals surface area contributed by atoms with Crippen LogP contribution in [0.2, 0.25) is 0 Å². The van der Waals surface area contributed by atoms with Crippen LogP contribution in [0.25, 0.3) is 0 Å². The highest BCUT2D eigenvalue weighted by Crippen LogP contribution is 2.27. The maximum atomic E-state index is 12.2. The molecule has 1 aromatic carbocycles. The number of halogens is 1. The summed E-state index contributed by atoms with van der Waals surface area (Å²) in [7, 11) is 0. The summed E-state index contributed by atoms with van der Waals surface area (Å²) >= 11 is 3.35. The van der Waals surface area contributed by atoms with Crippen molar-refractivity contribution in [3.63, 3.8) is 0 Å². The quantitative estimate of drug-likeness (QED) is 0.364. The Morgan fingerprint density at radius 1 is 1.33 bits per heavy atom. The summed E-state index contributed by atoms with van der Waals surface area (Å²) in [6, 6.07) is 7.46. The van der Waals surface area contributed by atoms with Crippen molar-refractivity contribution in [1.82, 2.24) is 0 Å². The Bertz CT molecular complexity index is 481. The highest BCUT2D eigenvalue weighted by atomic mass is 79.9. The van der Waals surface area contributed by atoms with Gasteiger partial charge in [0, 0.05) is 29.8 Å². The molecule has 1 aliphatic rings. The van der Waals surface area contributed by atoms with E-state index in [-0.39, 0.29) is 5.78 Å². The molecule has 0 radical (unpaired) electrons. The number of ketones is 1. The van der Waals surface area contributed by atoms with Crippen molar-refractivity contribution < 1.29 is 9.53 Å². The summed E-state index contributed by atoms with van der Waals surface area (Å²) in [4.78, 5) is 11.9. The van der Waals surface area contributed by atoms with E-state index in [1.54, 1.807) is 6.92 Å². The van der Waals surface area contributed by atoms with Crippen molar-refractivity contribution in [2.24, 2.45) is 0 Å². The van der Waals surface area contributed by atoms with Crippen molar-refractivity contribution in [3.8, 4) is 0 Å². The third kappa shape index (κ3) is 2.64. The summed E-state index contributed by atoms with van der Waals surface area (Å²) in [6.45, 7) is 1.75. The van der Waals surface area contributed by atoms with E-state index >= 15 is 0 Å². The van der Waals surface area contributed by atoms with Gasteiger partial charge in [0.2, 0.25) is 11.3 Å². The second-order valence-corrected chi connectivity index (χ2v) is 5.83. The Labute approximate surface area is 115 Å². The average molecular weight is 310 g/mol. The van der Waals surface area contributed by atoms with Gasteiger partial charge in [0.15, 0.2) is 6.21 Å². The molecule has 0 aliphatic heterocycles. The fourth-order valence-electron chi connectivity index (χ4n) is 2.22. The first-order valence-corrected chi connectivity index (χ1v) is 6.92. The number of benzene rings is 1. The third-order valence-electron chi connectivity index (χ3n) is 3.54. The van der Waals surface area contributed by atoms with Crippen LogP contribution in [0.5, 0.6) is 0 Å². The Kier molecular flexibility index (Phi) is 3.85. The highest BCUT2D eigenvalue weighted by molar-refractivity contribution is 9.10. The van der Waals surface area contributed by atoms with Gasteiger partial charge in [-0.2, -0.15) is 4.74 Å². The molecule has 1 atom stereocenters. The number of nitrogens with zero attached hydrogens (tertiary/aromatic N) is 1. The molecule has 1 unspecified atom stereocenters. The average Bonchev–Trinajstić information content (AvgIpc) is 2.36. The van der Waals surface area contributed by atoms with Gasteiger partial charge in [-0.05, 0) is 37.1 Å². The van der Waals surface area contributed by atoms with Crippen molar-refractivity contribution >= 4 is 27.9 Å². The smallest absolute Gasteiger partial charge is 0.227 e. The molecule has 0 aromatic heterocycles. The van der Waals surface area contributed by atoms with Crippen LogP contribution in [0.4, 0.5) is 0 Å². The molecule has 1 fully saturated rings. The molecule has 0 N–H and O–H groups in total. The standard InChI is InChI=1S/C14H16BrNO2/c1-14(9-3-2-4-13(14)17)16(18)10-11-5-7-12(15)8-6-11/h5-8,10H,2-4,9H2,1H3. The molecule has 0 heterocycles. The van der Waals surface area contributed by atoms with E-state index in [2.05, 4.69) is 15.9 Å². The van der Waals surface area contributed by atoms with Gasteiger partial charge in [0.1, 0.15) is 0 Å². The first kappa shape index (κ1) is 13.3. The topological polar surface area (TPSA) is 43.1 Å². The molecule has 2 rings (SSSR count). The monoisotopic (exact) mass is 309 g/mol. The van der Waals surface area contributed by atoms with Crippen molar-refractivity contribution in [3.05, 3.63) is 39.5 Å². The predicted molar refractivity (Wildman–Crippen MR) is 74.8 cm³/mol. The lowest BCUT2D eigenvalue weighted by Crippen LogP contribution is -2.46. The maximum absolute atomic E-state index is 12.2. The normalized spacial score (nSPS) is 25.2. The molecule has 4 heteroatoms. The summed E-state index contributed by atoms with van der Waals surface area (Å²) in [6.07, 6.45) is 4.51. The first-order valence-electron chi connectivity index (χ1n) is 6.12. The minimum Gasteiger partial charge on any atom is -0.623 e. The molecule has 0 amide bonds. The summed E-state index contributed by atoms with van der Waals surface area (Å²) < 4.78 is 1.80. The molecule has 96 valence electrons. The number of carbonyl (C=O) groups excluding carboxylic acids is 1. The fourth-order valence-corrected chi connectivity index (χ4v) is 2.49. The second kappa shape index (κ2) is 5.22. The van der Waals surface area contributed by atoms with E-state index in [4.69, 9.17) is 0 Å². The number of hydroxylamine groups is 1.